The standard InChI is InChI=1S/C12H14O2/c1-2-6-11(12(13)14)9-10-7-4-3-5-8-10/h2-8,11H,9H2,1H3,(H,13,14)/b6-2-/t11-/m0/s1. The summed E-state index contributed by atoms with van der Waals surface area (Å²) in [6.45, 7) is 1.83. The Kier molecular flexibility index (Phi) is 3.92. The van der Waals surface area contributed by atoms with Gasteiger partial charge in [-0.3, -0.25) is 4.79 Å². The van der Waals surface area contributed by atoms with Crippen LogP contribution < -0.4 is 0 Å². The number of carbonyl (C=O) groups is 1. The van der Waals surface area contributed by atoms with E-state index in [-0.39, 0.29) is 0 Å². The first-order chi connectivity index (χ1) is 6.74. The molecular weight excluding hydrogens is 176 g/mol. The topological polar surface area (TPSA) is 37.3 Å². The molecule has 0 heterocycles. The summed E-state index contributed by atoms with van der Waals surface area (Å²) in [6, 6.07) is 9.65. The molecule has 0 radical (unpaired) electrons. The third kappa shape index (κ3) is 3.05. The maximum absolute atomic E-state index is 10.8. The third-order valence-electron chi connectivity index (χ3n) is 2.04. The van der Waals surface area contributed by atoms with Gasteiger partial charge in [0.05, 0.1) is 5.92 Å². The lowest BCUT2D eigenvalue weighted by Gasteiger charge is -2.06. The average Bonchev–Trinajstić information content (AvgIpc) is 2.18. The molecule has 0 amide bonds. The summed E-state index contributed by atoms with van der Waals surface area (Å²) in [7, 11) is 0. The minimum absolute atomic E-state index is 0.414. The fraction of sp³-hybridized carbons (Fsp3) is 0.250. The van der Waals surface area contributed by atoms with E-state index in [2.05, 4.69) is 0 Å². The summed E-state index contributed by atoms with van der Waals surface area (Å²) < 4.78 is 0. The molecule has 2 heteroatoms. The second-order valence-electron chi connectivity index (χ2n) is 3.16. The van der Waals surface area contributed by atoms with Crippen molar-refractivity contribution >= 4 is 5.97 Å². The molecule has 0 spiro atoms. The van der Waals surface area contributed by atoms with Crippen molar-refractivity contribution in [3.05, 3.63) is 48.0 Å². The van der Waals surface area contributed by atoms with Gasteiger partial charge < -0.3 is 5.11 Å². The predicted octanol–water partition coefficient (Wildman–Crippen LogP) is 2.51. The molecule has 0 saturated carbocycles. The molecule has 1 rings (SSSR count). The van der Waals surface area contributed by atoms with Gasteiger partial charge in [0.15, 0.2) is 0 Å². The Morgan fingerprint density at radius 3 is 2.57 bits per heavy atom. The molecule has 2 nitrogen and oxygen atoms in total. The molecule has 1 aromatic rings. The van der Waals surface area contributed by atoms with Crippen LogP contribution in [0.5, 0.6) is 0 Å². The smallest absolute Gasteiger partial charge is 0.310 e. The SMILES string of the molecule is C/C=C\[C@@H](Cc1ccccc1)C(=O)O. The van der Waals surface area contributed by atoms with Gasteiger partial charge in [-0.05, 0) is 18.9 Å². The van der Waals surface area contributed by atoms with E-state index in [1.807, 2.05) is 37.3 Å². The van der Waals surface area contributed by atoms with Crippen molar-refractivity contribution < 1.29 is 9.90 Å². The van der Waals surface area contributed by atoms with Crippen LogP contribution in [0.15, 0.2) is 42.5 Å². The van der Waals surface area contributed by atoms with Crippen LogP contribution in [0.2, 0.25) is 0 Å². The quantitative estimate of drug-likeness (QED) is 0.741. The first-order valence-electron chi connectivity index (χ1n) is 4.63. The first kappa shape index (κ1) is 10.5. The van der Waals surface area contributed by atoms with Crippen LogP contribution in [0.25, 0.3) is 0 Å². The lowest BCUT2D eigenvalue weighted by Crippen LogP contribution is -2.13. The Labute approximate surface area is 83.9 Å². The number of carboxylic acids is 1. The molecule has 0 fully saturated rings. The highest BCUT2D eigenvalue weighted by atomic mass is 16.4. The molecule has 0 saturated heterocycles. The Balaban J connectivity index is 2.70. The largest absolute Gasteiger partial charge is 0.481 e. The lowest BCUT2D eigenvalue weighted by molar-refractivity contribution is -0.140. The van der Waals surface area contributed by atoms with Gasteiger partial charge >= 0.3 is 5.97 Å². The second kappa shape index (κ2) is 5.22. The highest BCUT2D eigenvalue weighted by Gasteiger charge is 2.13. The van der Waals surface area contributed by atoms with Crippen LogP contribution in [-0.2, 0) is 11.2 Å². The molecule has 1 atom stereocenters. The fourth-order valence-corrected chi connectivity index (χ4v) is 1.34. The van der Waals surface area contributed by atoms with Gasteiger partial charge in [-0.1, -0.05) is 42.5 Å². The monoisotopic (exact) mass is 190 g/mol. The summed E-state index contributed by atoms with van der Waals surface area (Å²) in [6.07, 6.45) is 4.05. The van der Waals surface area contributed by atoms with Crippen LogP contribution >= 0.6 is 0 Å². The van der Waals surface area contributed by atoms with Crippen molar-refractivity contribution in [2.24, 2.45) is 5.92 Å². The van der Waals surface area contributed by atoms with E-state index >= 15 is 0 Å². The van der Waals surface area contributed by atoms with Gasteiger partial charge in [-0.15, -0.1) is 0 Å². The number of benzene rings is 1. The number of allylic oxidation sites excluding steroid dienone is 1. The zero-order chi connectivity index (χ0) is 10.4. The number of rotatable bonds is 4. The van der Waals surface area contributed by atoms with Crippen LogP contribution in [0.3, 0.4) is 0 Å². The van der Waals surface area contributed by atoms with Gasteiger partial charge in [0.25, 0.3) is 0 Å². The molecule has 1 aromatic carbocycles. The Morgan fingerprint density at radius 1 is 1.43 bits per heavy atom. The Bertz CT molecular complexity index is 314. The van der Waals surface area contributed by atoms with E-state index in [0.29, 0.717) is 6.42 Å². The van der Waals surface area contributed by atoms with Gasteiger partial charge in [0.1, 0.15) is 0 Å². The molecule has 0 bridgehead atoms. The molecule has 1 N–H and O–H groups in total. The normalized spacial score (nSPS) is 12.9. The van der Waals surface area contributed by atoms with E-state index in [4.69, 9.17) is 5.11 Å². The van der Waals surface area contributed by atoms with Crippen molar-refractivity contribution in [3.8, 4) is 0 Å². The van der Waals surface area contributed by atoms with Gasteiger partial charge in [0, 0.05) is 0 Å². The molecule has 0 aliphatic carbocycles. The van der Waals surface area contributed by atoms with Crippen molar-refractivity contribution in [1.82, 2.24) is 0 Å². The van der Waals surface area contributed by atoms with Crippen molar-refractivity contribution in [3.63, 3.8) is 0 Å². The summed E-state index contributed by atoms with van der Waals surface area (Å²) in [5.74, 6) is -1.19. The summed E-state index contributed by atoms with van der Waals surface area (Å²) in [5.41, 5.74) is 1.05. The summed E-state index contributed by atoms with van der Waals surface area (Å²) >= 11 is 0. The molecule has 74 valence electrons. The van der Waals surface area contributed by atoms with Gasteiger partial charge in [0.2, 0.25) is 0 Å². The van der Waals surface area contributed by atoms with E-state index in [1.165, 1.54) is 0 Å². The third-order valence-corrected chi connectivity index (χ3v) is 2.04. The van der Waals surface area contributed by atoms with Crippen molar-refractivity contribution in [2.45, 2.75) is 13.3 Å². The average molecular weight is 190 g/mol. The zero-order valence-electron chi connectivity index (χ0n) is 8.18. The van der Waals surface area contributed by atoms with Gasteiger partial charge in [-0.25, -0.2) is 0 Å². The molecule has 14 heavy (non-hydrogen) atoms. The maximum atomic E-state index is 10.8. The molecule has 0 aliphatic rings. The van der Waals surface area contributed by atoms with Crippen LogP contribution in [-0.4, -0.2) is 11.1 Å². The van der Waals surface area contributed by atoms with Crippen LogP contribution in [0.1, 0.15) is 12.5 Å². The van der Waals surface area contributed by atoms with Crippen molar-refractivity contribution in [2.75, 3.05) is 0 Å². The number of carboxylic acid groups (broad SMARTS) is 1. The molecule has 0 aromatic heterocycles. The molecule has 0 aliphatic heterocycles. The van der Waals surface area contributed by atoms with Crippen LogP contribution in [0.4, 0.5) is 0 Å². The highest BCUT2D eigenvalue weighted by Crippen LogP contribution is 2.10. The lowest BCUT2D eigenvalue weighted by atomic mass is 9.99. The van der Waals surface area contributed by atoms with Gasteiger partial charge in [-0.2, -0.15) is 0 Å². The zero-order valence-corrected chi connectivity index (χ0v) is 8.18. The Hall–Kier alpha value is -1.57. The molecule has 0 unspecified atom stereocenters. The summed E-state index contributed by atoms with van der Waals surface area (Å²) in [4.78, 5) is 10.8. The fourth-order valence-electron chi connectivity index (χ4n) is 1.34. The first-order valence-corrected chi connectivity index (χ1v) is 4.63. The minimum atomic E-state index is -0.771. The van der Waals surface area contributed by atoms with E-state index in [9.17, 15) is 4.79 Å². The van der Waals surface area contributed by atoms with E-state index in [0.717, 1.165) is 5.56 Å². The highest BCUT2D eigenvalue weighted by molar-refractivity contribution is 5.72. The number of hydrogen-bond donors (Lipinski definition) is 1. The number of hydrogen-bond acceptors (Lipinski definition) is 1. The minimum Gasteiger partial charge on any atom is -0.481 e. The van der Waals surface area contributed by atoms with E-state index < -0.39 is 11.9 Å². The maximum Gasteiger partial charge on any atom is 0.310 e. The summed E-state index contributed by atoms with van der Waals surface area (Å²) in [5, 5.41) is 8.91. The Morgan fingerprint density at radius 2 is 2.07 bits per heavy atom. The van der Waals surface area contributed by atoms with Crippen LogP contribution in [0, 0.1) is 5.92 Å². The van der Waals surface area contributed by atoms with Crippen molar-refractivity contribution in [1.29, 1.82) is 0 Å². The number of aliphatic carboxylic acids is 1. The van der Waals surface area contributed by atoms with E-state index in [1.54, 1.807) is 12.2 Å². The molecular formula is C12H14O2. The second-order valence-corrected chi connectivity index (χ2v) is 3.16. The predicted molar refractivity (Wildman–Crippen MR) is 56.1 cm³/mol.